The fraction of sp³-hybridized carbons (Fsp3) is 0.500. The van der Waals surface area contributed by atoms with Gasteiger partial charge in [-0.25, -0.2) is 9.97 Å². The number of nitrogens with zero attached hydrogens (tertiary/aromatic N) is 5. The molecule has 2 aliphatic rings. The third-order valence-electron chi connectivity index (χ3n) is 5.50. The summed E-state index contributed by atoms with van der Waals surface area (Å²) in [6.45, 7) is 3.31. The highest BCUT2D eigenvalue weighted by Crippen LogP contribution is 2.29. The van der Waals surface area contributed by atoms with Gasteiger partial charge in [-0.3, -0.25) is 9.78 Å². The summed E-state index contributed by atoms with van der Waals surface area (Å²) in [5.74, 6) is 2.18. The topological polar surface area (TPSA) is 74.2 Å². The molecule has 1 atom stereocenters. The molecule has 7 nitrogen and oxygen atoms in total. The number of hydrogen-bond acceptors (Lipinski definition) is 6. The van der Waals surface area contributed by atoms with Gasteiger partial charge in [-0.05, 0) is 45.0 Å². The molecule has 0 aliphatic carbocycles. The zero-order valence-electron chi connectivity index (χ0n) is 16.0. The Balaban J connectivity index is 1.61. The van der Waals surface area contributed by atoms with E-state index in [-0.39, 0.29) is 5.91 Å². The molecule has 142 valence electrons. The minimum Gasteiger partial charge on any atom is -0.373 e. The summed E-state index contributed by atoms with van der Waals surface area (Å²) in [4.78, 5) is 30.8. The van der Waals surface area contributed by atoms with Crippen LogP contribution in [0.2, 0.25) is 0 Å². The summed E-state index contributed by atoms with van der Waals surface area (Å²) >= 11 is 0. The van der Waals surface area contributed by atoms with Crippen LogP contribution in [0.15, 0.2) is 24.5 Å². The van der Waals surface area contributed by atoms with Gasteiger partial charge in [0.15, 0.2) is 0 Å². The van der Waals surface area contributed by atoms with Gasteiger partial charge in [-0.15, -0.1) is 0 Å². The minimum absolute atomic E-state index is 0.0114. The molecule has 4 rings (SSSR count). The van der Waals surface area contributed by atoms with Crippen LogP contribution in [0.1, 0.15) is 46.2 Å². The van der Waals surface area contributed by atoms with E-state index < -0.39 is 0 Å². The SMILES string of the molecule is CNc1nc(C2CCCN(C)C2)nc2c1CCN(C(=O)c1cccnc1)C2. The first kappa shape index (κ1) is 17.9. The number of aromatic nitrogens is 3. The standard InChI is InChI=1S/C20H26N6O/c1-21-19-16-7-10-26(20(27)14-5-3-8-22-11-14)13-17(16)23-18(24-19)15-6-4-9-25(2)12-15/h3,5,8,11,15H,4,6-7,9-10,12-13H2,1-2H3,(H,21,23,24). The molecule has 1 fully saturated rings. The molecule has 0 bridgehead atoms. The van der Waals surface area contributed by atoms with E-state index in [1.54, 1.807) is 18.5 Å². The molecule has 1 N–H and O–H groups in total. The van der Waals surface area contributed by atoms with Crippen LogP contribution in [0.5, 0.6) is 0 Å². The van der Waals surface area contributed by atoms with Crippen LogP contribution in [0.3, 0.4) is 0 Å². The smallest absolute Gasteiger partial charge is 0.255 e. The molecule has 4 heterocycles. The van der Waals surface area contributed by atoms with Crippen molar-refractivity contribution in [2.45, 2.75) is 31.7 Å². The number of amides is 1. The zero-order valence-corrected chi connectivity index (χ0v) is 16.0. The zero-order chi connectivity index (χ0) is 18.8. The minimum atomic E-state index is 0.0114. The van der Waals surface area contributed by atoms with Gasteiger partial charge >= 0.3 is 0 Å². The maximum atomic E-state index is 12.8. The fourth-order valence-corrected chi connectivity index (χ4v) is 4.06. The average Bonchev–Trinajstić information content (AvgIpc) is 2.72. The lowest BCUT2D eigenvalue weighted by Crippen LogP contribution is -2.38. The molecule has 0 saturated carbocycles. The van der Waals surface area contributed by atoms with Gasteiger partial charge in [0.05, 0.1) is 17.8 Å². The monoisotopic (exact) mass is 366 g/mol. The van der Waals surface area contributed by atoms with Gasteiger partial charge in [0.25, 0.3) is 5.91 Å². The Kier molecular flexibility index (Phi) is 5.03. The van der Waals surface area contributed by atoms with Crippen LogP contribution in [-0.4, -0.2) is 64.4 Å². The Morgan fingerprint density at radius 2 is 2.19 bits per heavy atom. The van der Waals surface area contributed by atoms with Crippen LogP contribution in [-0.2, 0) is 13.0 Å². The Morgan fingerprint density at radius 3 is 2.93 bits per heavy atom. The van der Waals surface area contributed by atoms with Crippen LogP contribution >= 0.6 is 0 Å². The highest BCUT2D eigenvalue weighted by Gasteiger charge is 2.28. The van der Waals surface area contributed by atoms with Gasteiger partial charge < -0.3 is 15.1 Å². The molecule has 7 heteroatoms. The summed E-state index contributed by atoms with van der Waals surface area (Å²) in [6, 6.07) is 3.61. The number of fused-ring (bicyclic) bond motifs is 1. The van der Waals surface area contributed by atoms with E-state index in [0.717, 1.165) is 48.8 Å². The van der Waals surface area contributed by atoms with E-state index in [9.17, 15) is 4.79 Å². The van der Waals surface area contributed by atoms with Crippen molar-refractivity contribution in [3.8, 4) is 0 Å². The van der Waals surface area contributed by atoms with E-state index >= 15 is 0 Å². The van der Waals surface area contributed by atoms with Crippen LogP contribution < -0.4 is 5.32 Å². The molecule has 0 radical (unpaired) electrons. The second kappa shape index (κ2) is 7.60. The van der Waals surface area contributed by atoms with E-state index in [2.05, 4.69) is 22.2 Å². The Bertz CT molecular complexity index is 825. The highest BCUT2D eigenvalue weighted by molar-refractivity contribution is 5.94. The molecular weight excluding hydrogens is 340 g/mol. The molecule has 0 spiro atoms. The number of carbonyl (C=O) groups excluding carboxylic acids is 1. The number of carbonyl (C=O) groups is 1. The molecule has 2 aliphatic heterocycles. The molecule has 1 unspecified atom stereocenters. The van der Waals surface area contributed by atoms with E-state index in [1.165, 1.54) is 6.42 Å². The Labute approximate surface area is 159 Å². The molecule has 2 aromatic rings. The maximum absolute atomic E-state index is 12.8. The second-order valence-corrected chi connectivity index (χ2v) is 7.43. The first-order chi connectivity index (χ1) is 13.2. The maximum Gasteiger partial charge on any atom is 0.255 e. The van der Waals surface area contributed by atoms with Crippen molar-refractivity contribution < 1.29 is 4.79 Å². The molecule has 0 aromatic carbocycles. The summed E-state index contributed by atoms with van der Waals surface area (Å²) in [5.41, 5.74) is 2.74. The van der Waals surface area contributed by atoms with E-state index in [4.69, 9.17) is 9.97 Å². The number of pyridine rings is 1. The number of anilines is 1. The van der Waals surface area contributed by atoms with Crippen molar-refractivity contribution >= 4 is 11.7 Å². The second-order valence-electron chi connectivity index (χ2n) is 7.43. The Hall–Kier alpha value is -2.54. The predicted octanol–water partition coefficient (Wildman–Crippen LogP) is 1.92. The number of piperidine rings is 1. The average molecular weight is 366 g/mol. The van der Waals surface area contributed by atoms with Crippen LogP contribution in [0, 0.1) is 0 Å². The largest absolute Gasteiger partial charge is 0.373 e. The van der Waals surface area contributed by atoms with Crippen molar-refractivity contribution in [3.63, 3.8) is 0 Å². The van der Waals surface area contributed by atoms with Gasteiger partial charge in [0, 0.05) is 44.0 Å². The third kappa shape index (κ3) is 3.64. The normalized spacial score (nSPS) is 20.2. The first-order valence-electron chi connectivity index (χ1n) is 9.61. The van der Waals surface area contributed by atoms with Crippen molar-refractivity contribution in [2.75, 3.05) is 39.0 Å². The van der Waals surface area contributed by atoms with Crippen molar-refractivity contribution in [1.29, 1.82) is 0 Å². The summed E-state index contributed by atoms with van der Waals surface area (Å²) in [5, 5.41) is 3.24. The number of hydrogen-bond donors (Lipinski definition) is 1. The molecule has 1 amide bonds. The summed E-state index contributed by atoms with van der Waals surface area (Å²) in [7, 11) is 4.06. The van der Waals surface area contributed by atoms with Crippen LogP contribution in [0.25, 0.3) is 0 Å². The number of likely N-dealkylation sites (N-methyl/N-ethyl adjacent to an activating group) is 1. The summed E-state index contributed by atoms with van der Waals surface area (Å²) < 4.78 is 0. The lowest BCUT2D eigenvalue weighted by molar-refractivity contribution is 0.0731. The van der Waals surface area contributed by atoms with Gasteiger partial charge in [-0.1, -0.05) is 0 Å². The lowest BCUT2D eigenvalue weighted by atomic mass is 9.96. The Morgan fingerprint density at radius 1 is 1.30 bits per heavy atom. The number of rotatable bonds is 3. The van der Waals surface area contributed by atoms with Crippen molar-refractivity contribution in [3.05, 3.63) is 47.2 Å². The van der Waals surface area contributed by atoms with Crippen molar-refractivity contribution in [1.82, 2.24) is 24.8 Å². The predicted molar refractivity (Wildman–Crippen MR) is 104 cm³/mol. The van der Waals surface area contributed by atoms with Gasteiger partial charge in [0.1, 0.15) is 11.6 Å². The van der Waals surface area contributed by atoms with Crippen molar-refractivity contribution in [2.24, 2.45) is 0 Å². The number of likely N-dealkylation sites (tertiary alicyclic amines) is 1. The van der Waals surface area contributed by atoms with Gasteiger partial charge in [0.2, 0.25) is 0 Å². The first-order valence-corrected chi connectivity index (χ1v) is 9.61. The quantitative estimate of drug-likeness (QED) is 0.895. The van der Waals surface area contributed by atoms with Crippen LogP contribution in [0.4, 0.5) is 5.82 Å². The van der Waals surface area contributed by atoms with Gasteiger partial charge in [-0.2, -0.15) is 0 Å². The number of nitrogens with one attached hydrogen (secondary N) is 1. The van der Waals surface area contributed by atoms with E-state index in [0.29, 0.717) is 24.6 Å². The fourth-order valence-electron chi connectivity index (χ4n) is 4.06. The van der Waals surface area contributed by atoms with E-state index in [1.807, 2.05) is 18.0 Å². The lowest BCUT2D eigenvalue weighted by Gasteiger charge is -2.32. The molecule has 2 aromatic heterocycles. The molecule has 1 saturated heterocycles. The highest BCUT2D eigenvalue weighted by atomic mass is 16.2. The molecular formula is C20H26N6O. The molecule has 27 heavy (non-hydrogen) atoms. The summed E-state index contributed by atoms with van der Waals surface area (Å²) in [6.07, 6.45) is 6.36. The third-order valence-corrected chi connectivity index (χ3v) is 5.50.